The Morgan fingerprint density at radius 1 is 1.06 bits per heavy atom. The van der Waals surface area contributed by atoms with Crippen molar-refractivity contribution in [1.82, 2.24) is 16.2 Å². The third-order valence-electron chi connectivity index (χ3n) is 4.96. The first-order valence-corrected chi connectivity index (χ1v) is 12.4. The summed E-state index contributed by atoms with van der Waals surface area (Å²) >= 11 is 14.6. The van der Waals surface area contributed by atoms with Crippen molar-refractivity contribution >= 4 is 68.3 Å². The number of carbonyl (C=O) groups excluding carboxylic acids is 3. The van der Waals surface area contributed by atoms with Gasteiger partial charge in [-0.2, -0.15) is 0 Å². The third kappa shape index (κ3) is 9.12. The van der Waals surface area contributed by atoms with E-state index in [0.717, 1.165) is 21.2 Å². The summed E-state index contributed by atoms with van der Waals surface area (Å²) in [6.45, 7) is 7.55. The Morgan fingerprint density at radius 2 is 1.74 bits per heavy atom. The van der Waals surface area contributed by atoms with Crippen LogP contribution in [0.2, 0.25) is 5.02 Å². The zero-order valence-corrected chi connectivity index (χ0v) is 23.0. The van der Waals surface area contributed by atoms with Crippen LogP contribution in [0.4, 0.5) is 5.69 Å². The van der Waals surface area contributed by atoms with Gasteiger partial charge in [-0.25, -0.2) is 0 Å². The molecule has 0 aliphatic rings. The molecule has 11 heteroatoms. The highest BCUT2D eigenvalue weighted by atomic mass is 79.9. The SMILES string of the molecule is Cc1cc(OCC(=O)NC(=S)NNC(=O)CCC(=O)Nc2cccc(Cl)c2C)c(C(C)C)cc1Br. The molecule has 4 N–H and O–H groups in total. The number of hydrogen-bond acceptors (Lipinski definition) is 5. The molecular weight excluding hydrogens is 556 g/mol. The topological polar surface area (TPSA) is 109 Å². The Balaban J connectivity index is 1.73. The number of amides is 3. The van der Waals surface area contributed by atoms with Crippen molar-refractivity contribution in [3.8, 4) is 5.75 Å². The number of anilines is 1. The number of rotatable bonds is 8. The number of nitrogens with one attached hydrogen (secondary N) is 4. The molecule has 2 aromatic carbocycles. The predicted molar refractivity (Wildman–Crippen MR) is 145 cm³/mol. The van der Waals surface area contributed by atoms with E-state index in [-0.39, 0.29) is 36.4 Å². The Labute approximate surface area is 223 Å². The summed E-state index contributed by atoms with van der Waals surface area (Å²) < 4.78 is 6.66. The second kappa shape index (κ2) is 13.4. The first-order chi connectivity index (χ1) is 16.5. The van der Waals surface area contributed by atoms with Crippen molar-refractivity contribution in [2.75, 3.05) is 11.9 Å². The van der Waals surface area contributed by atoms with Crippen molar-refractivity contribution in [3.05, 3.63) is 56.5 Å². The summed E-state index contributed by atoms with van der Waals surface area (Å²) in [5.74, 6) is -0.456. The van der Waals surface area contributed by atoms with Gasteiger partial charge in [0.2, 0.25) is 11.8 Å². The summed E-state index contributed by atoms with van der Waals surface area (Å²) in [6, 6.07) is 9.03. The average molecular weight is 584 g/mol. The molecular formula is C24H28BrClN4O4S. The number of halogens is 2. The smallest absolute Gasteiger partial charge is 0.264 e. The summed E-state index contributed by atoms with van der Waals surface area (Å²) in [7, 11) is 0. The van der Waals surface area contributed by atoms with E-state index in [1.807, 2.05) is 32.9 Å². The van der Waals surface area contributed by atoms with E-state index in [1.54, 1.807) is 25.1 Å². The first-order valence-electron chi connectivity index (χ1n) is 10.8. The standard InChI is InChI=1S/C24H28BrClN4O4S/c1-13(2)16-11-17(25)14(3)10-20(16)34-12-23(33)28-24(35)30-29-22(32)9-8-21(31)27-19-7-5-6-18(26)15(19)4/h5-7,10-11,13H,8-9,12H2,1-4H3,(H,27,31)(H,29,32)(H2,28,30,33,35). The van der Waals surface area contributed by atoms with Crippen LogP contribution in [0.15, 0.2) is 34.8 Å². The van der Waals surface area contributed by atoms with Gasteiger partial charge < -0.3 is 10.1 Å². The van der Waals surface area contributed by atoms with E-state index in [2.05, 4.69) is 37.4 Å². The molecule has 3 amide bonds. The second-order valence-electron chi connectivity index (χ2n) is 8.09. The highest BCUT2D eigenvalue weighted by Gasteiger charge is 2.14. The van der Waals surface area contributed by atoms with Gasteiger partial charge in [-0.15, -0.1) is 0 Å². The highest BCUT2D eigenvalue weighted by Crippen LogP contribution is 2.32. The van der Waals surface area contributed by atoms with Crippen LogP contribution in [0.25, 0.3) is 0 Å². The number of hydrogen-bond donors (Lipinski definition) is 4. The number of benzene rings is 2. The van der Waals surface area contributed by atoms with Gasteiger partial charge in [0.25, 0.3) is 5.91 Å². The van der Waals surface area contributed by atoms with E-state index < -0.39 is 11.8 Å². The molecule has 0 fully saturated rings. The molecule has 188 valence electrons. The van der Waals surface area contributed by atoms with Gasteiger partial charge in [-0.1, -0.05) is 47.4 Å². The van der Waals surface area contributed by atoms with E-state index in [4.69, 9.17) is 28.6 Å². The lowest BCUT2D eigenvalue weighted by atomic mass is 10.0. The van der Waals surface area contributed by atoms with Crippen LogP contribution in [-0.4, -0.2) is 29.4 Å². The first kappa shape index (κ1) is 28.5. The molecule has 8 nitrogen and oxygen atoms in total. The molecule has 0 radical (unpaired) electrons. The molecule has 0 bridgehead atoms. The Kier molecular flexibility index (Phi) is 10.9. The summed E-state index contributed by atoms with van der Waals surface area (Å²) in [4.78, 5) is 36.3. The second-order valence-corrected chi connectivity index (χ2v) is 9.76. The highest BCUT2D eigenvalue weighted by molar-refractivity contribution is 9.10. The molecule has 35 heavy (non-hydrogen) atoms. The molecule has 2 aromatic rings. The monoisotopic (exact) mass is 582 g/mol. The number of thiocarbonyl (C=S) groups is 1. The summed E-state index contributed by atoms with van der Waals surface area (Å²) in [5.41, 5.74) is 8.07. The fourth-order valence-electron chi connectivity index (χ4n) is 2.96. The van der Waals surface area contributed by atoms with Crippen LogP contribution in [0, 0.1) is 13.8 Å². The molecule has 0 saturated carbocycles. The predicted octanol–water partition coefficient (Wildman–Crippen LogP) is 4.66. The van der Waals surface area contributed by atoms with Gasteiger partial charge in [0.1, 0.15) is 5.75 Å². The maximum Gasteiger partial charge on any atom is 0.264 e. The van der Waals surface area contributed by atoms with Crippen molar-refractivity contribution in [2.45, 2.75) is 46.5 Å². The number of ether oxygens (including phenoxy) is 1. The minimum absolute atomic E-state index is 0.0444. The number of aryl methyl sites for hydroxylation is 1. The molecule has 0 aliphatic carbocycles. The van der Waals surface area contributed by atoms with Gasteiger partial charge in [-0.05, 0) is 72.9 Å². The zero-order chi connectivity index (χ0) is 26.1. The van der Waals surface area contributed by atoms with Gasteiger partial charge >= 0.3 is 0 Å². The largest absolute Gasteiger partial charge is 0.483 e. The summed E-state index contributed by atoms with van der Waals surface area (Å²) in [6.07, 6.45) is -0.129. The quantitative estimate of drug-likeness (QED) is 0.266. The lowest BCUT2D eigenvalue weighted by molar-refractivity contribution is -0.125. The van der Waals surface area contributed by atoms with Crippen LogP contribution >= 0.6 is 39.7 Å². The van der Waals surface area contributed by atoms with Crippen molar-refractivity contribution in [1.29, 1.82) is 0 Å². The van der Waals surface area contributed by atoms with E-state index >= 15 is 0 Å². The van der Waals surface area contributed by atoms with Crippen LogP contribution in [-0.2, 0) is 14.4 Å². The van der Waals surface area contributed by atoms with Crippen LogP contribution < -0.4 is 26.2 Å². The Hall–Kier alpha value is -2.69. The lowest BCUT2D eigenvalue weighted by Gasteiger charge is -2.16. The molecule has 0 spiro atoms. The Bertz CT molecular complexity index is 1130. The molecule has 2 rings (SSSR count). The fraction of sp³-hybridized carbons (Fsp3) is 0.333. The van der Waals surface area contributed by atoms with E-state index in [9.17, 15) is 14.4 Å². The summed E-state index contributed by atoms with van der Waals surface area (Å²) in [5, 5.41) is 5.59. The zero-order valence-electron chi connectivity index (χ0n) is 19.9. The maximum atomic E-state index is 12.2. The van der Waals surface area contributed by atoms with Crippen molar-refractivity contribution in [3.63, 3.8) is 0 Å². The van der Waals surface area contributed by atoms with Gasteiger partial charge in [0.05, 0.1) is 0 Å². The van der Waals surface area contributed by atoms with Crippen LogP contribution in [0.3, 0.4) is 0 Å². The number of hydrazine groups is 1. The normalized spacial score (nSPS) is 10.5. The van der Waals surface area contributed by atoms with E-state index in [0.29, 0.717) is 16.5 Å². The molecule has 0 atom stereocenters. The van der Waals surface area contributed by atoms with Gasteiger partial charge in [0.15, 0.2) is 11.7 Å². The maximum absolute atomic E-state index is 12.2. The molecule has 0 aromatic heterocycles. The van der Waals surface area contributed by atoms with E-state index in [1.165, 1.54) is 0 Å². The number of carbonyl (C=O) groups is 3. The van der Waals surface area contributed by atoms with Crippen LogP contribution in [0.5, 0.6) is 5.75 Å². The van der Waals surface area contributed by atoms with Gasteiger partial charge in [-0.3, -0.25) is 30.6 Å². The van der Waals surface area contributed by atoms with Crippen molar-refractivity contribution in [2.24, 2.45) is 0 Å². The minimum atomic E-state index is -0.483. The molecule has 0 saturated heterocycles. The molecule has 0 heterocycles. The Morgan fingerprint density at radius 3 is 2.43 bits per heavy atom. The molecule has 0 aliphatic heterocycles. The fourth-order valence-corrected chi connectivity index (χ4v) is 3.66. The average Bonchev–Trinajstić information content (AvgIpc) is 2.79. The van der Waals surface area contributed by atoms with Crippen LogP contribution in [0.1, 0.15) is 49.3 Å². The van der Waals surface area contributed by atoms with Gasteiger partial charge in [0, 0.05) is 28.0 Å². The van der Waals surface area contributed by atoms with Crippen molar-refractivity contribution < 1.29 is 19.1 Å². The lowest BCUT2D eigenvalue weighted by Crippen LogP contribution is -2.49. The third-order valence-corrected chi connectivity index (χ3v) is 6.43. The molecule has 0 unspecified atom stereocenters. The minimum Gasteiger partial charge on any atom is -0.483 e.